The van der Waals surface area contributed by atoms with Crippen LogP contribution in [0.1, 0.15) is 43.5 Å². The van der Waals surface area contributed by atoms with Gasteiger partial charge in [0.1, 0.15) is 5.82 Å². The number of benzene rings is 1. The minimum Gasteiger partial charge on any atom is -0.356 e. The van der Waals surface area contributed by atoms with Gasteiger partial charge < -0.3 is 10.6 Å². The molecule has 0 amide bonds. The molecule has 8 nitrogen and oxygen atoms in total. The molecule has 1 aromatic heterocycles. The monoisotopic (exact) mass is 425 g/mol. The lowest BCUT2D eigenvalue weighted by atomic mass is 10.0. The van der Waals surface area contributed by atoms with Crippen molar-refractivity contribution in [1.82, 2.24) is 29.9 Å². The second-order valence-corrected chi connectivity index (χ2v) is 8.56. The molecule has 0 spiro atoms. The van der Waals surface area contributed by atoms with E-state index in [4.69, 9.17) is 0 Å². The summed E-state index contributed by atoms with van der Waals surface area (Å²) in [5, 5.41) is 11.5. The lowest BCUT2D eigenvalue weighted by Gasteiger charge is -2.33. The van der Waals surface area contributed by atoms with Crippen molar-refractivity contribution >= 4 is 5.96 Å². The lowest BCUT2D eigenvalue weighted by molar-refractivity contribution is 0.198. The van der Waals surface area contributed by atoms with E-state index in [2.05, 4.69) is 56.0 Å². The first-order chi connectivity index (χ1) is 15.2. The first kappa shape index (κ1) is 21.6. The number of fused-ring (bicyclic) bond motifs is 1. The fourth-order valence-electron chi connectivity index (χ4n) is 4.49. The summed E-state index contributed by atoms with van der Waals surface area (Å²) in [4.78, 5) is 19.3. The van der Waals surface area contributed by atoms with Gasteiger partial charge >= 0.3 is 5.69 Å². The van der Waals surface area contributed by atoms with Crippen LogP contribution in [0.5, 0.6) is 0 Å². The number of hydrogen-bond donors (Lipinski definition) is 2. The first-order valence-electron chi connectivity index (χ1n) is 11.6. The minimum atomic E-state index is 0.0412. The molecule has 0 saturated carbocycles. The highest BCUT2D eigenvalue weighted by Gasteiger charge is 2.20. The van der Waals surface area contributed by atoms with Gasteiger partial charge in [-0.3, -0.25) is 14.5 Å². The molecule has 8 heteroatoms. The molecule has 2 aliphatic heterocycles. The molecular weight excluding hydrogens is 390 g/mol. The van der Waals surface area contributed by atoms with Gasteiger partial charge in [-0.1, -0.05) is 30.3 Å². The number of rotatable bonds is 7. The predicted octanol–water partition coefficient (Wildman–Crippen LogP) is 1.60. The van der Waals surface area contributed by atoms with Gasteiger partial charge in [0.2, 0.25) is 0 Å². The summed E-state index contributed by atoms with van der Waals surface area (Å²) in [5.74, 6) is 1.79. The Kier molecular flexibility index (Phi) is 7.40. The van der Waals surface area contributed by atoms with E-state index in [1.54, 1.807) is 4.68 Å². The van der Waals surface area contributed by atoms with Gasteiger partial charge in [0.25, 0.3) is 0 Å². The average Bonchev–Trinajstić information content (AvgIpc) is 3.13. The number of aryl methyl sites for hydroxylation is 2. The summed E-state index contributed by atoms with van der Waals surface area (Å²) in [6.07, 6.45) is 6.19. The number of nitrogens with zero attached hydrogens (tertiary/aromatic N) is 5. The quantitative estimate of drug-likeness (QED) is 0.400. The number of aromatic nitrogens is 3. The maximum atomic E-state index is 12.4. The van der Waals surface area contributed by atoms with E-state index in [0.717, 1.165) is 83.0 Å². The summed E-state index contributed by atoms with van der Waals surface area (Å²) in [6, 6.07) is 11.1. The summed E-state index contributed by atoms with van der Waals surface area (Å²) >= 11 is 0. The van der Waals surface area contributed by atoms with Crippen LogP contribution < -0.4 is 16.3 Å². The molecule has 0 aliphatic carbocycles. The van der Waals surface area contributed by atoms with E-state index in [1.165, 1.54) is 5.56 Å². The topological polar surface area (TPSA) is 79.5 Å². The maximum Gasteiger partial charge on any atom is 0.345 e. The molecule has 2 aromatic rings. The number of aliphatic imine (C=N–C) groups is 1. The van der Waals surface area contributed by atoms with Crippen LogP contribution in [0.2, 0.25) is 0 Å². The van der Waals surface area contributed by atoms with Gasteiger partial charge in [-0.05, 0) is 37.7 Å². The van der Waals surface area contributed by atoms with Crippen molar-refractivity contribution in [3.05, 3.63) is 52.2 Å². The molecule has 168 valence electrons. The first-order valence-corrected chi connectivity index (χ1v) is 11.6. The Balaban J connectivity index is 1.16. The van der Waals surface area contributed by atoms with Crippen molar-refractivity contribution in [3.8, 4) is 0 Å². The minimum absolute atomic E-state index is 0.0412. The summed E-state index contributed by atoms with van der Waals surface area (Å²) < 4.78 is 3.46. The fourth-order valence-corrected chi connectivity index (χ4v) is 4.49. The SMILES string of the molecule is CN=C(NCCCn1nc2n(c1=O)CCCC2)NC1CCN(Cc2ccccc2)CC1. The standard InChI is InChI=1S/C23H35N7O/c1-24-22(25-13-7-15-30-23(31)29-14-6-5-10-21(29)27-30)26-20-11-16-28(17-12-20)18-19-8-3-2-4-9-19/h2-4,8-9,20H,5-7,10-18H2,1H3,(H2,24,25,26). The molecule has 4 rings (SSSR count). The van der Waals surface area contributed by atoms with Crippen LogP contribution in [0.3, 0.4) is 0 Å². The summed E-state index contributed by atoms with van der Waals surface area (Å²) in [5.41, 5.74) is 1.42. The van der Waals surface area contributed by atoms with Crippen molar-refractivity contribution in [2.75, 3.05) is 26.7 Å². The molecule has 0 radical (unpaired) electrons. The highest BCUT2D eigenvalue weighted by Crippen LogP contribution is 2.14. The molecule has 2 aliphatic rings. The third kappa shape index (κ3) is 5.76. The third-order valence-corrected chi connectivity index (χ3v) is 6.27. The number of guanidine groups is 1. The molecule has 0 bridgehead atoms. The zero-order valence-electron chi connectivity index (χ0n) is 18.6. The Morgan fingerprint density at radius 2 is 1.97 bits per heavy atom. The summed E-state index contributed by atoms with van der Waals surface area (Å²) in [6.45, 7) is 5.43. The van der Waals surface area contributed by atoms with Gasteiger partial charge in [-0.25, -0.2) is 9.48 Å². The van der Waals surface area contributed by atoms with E-state index in [0.29, 0.717) is 12.6 Å². The van der Waals surface area contributed by atoms with Crippen LogP contribution in [-0.4, -0.2) is 57.9 Å². The highest BCUT2D eigenvalue weighted by molar-refractivity contribution is 5.79. The Labute approximate surface area is 184 Å². The van der Waals surface area contributed by atoms with Gasteiger partial charge in [0.05, 0.1) is 0 Å². The molecule has 0 atom stereocenters. The van der Waals surface area contributed by atoms with E-state index in [1.807, 2.05) is 11.6 Å². The molecule has 2 N–H and O–H groups in total. The van der Waals surface area contributed by atoms with Crippen molar-refractivity contribution in [3.63, 3.8) is 0 Å². The molecule has 0 unspecified atom stereocenters. The number of nitrogens with one attached hydrogen (secondary N) is 2. The van der Waals surface area contributed by atoms with Gasteiger partial charge in [-0.2, -0.15) is 5.10 Å². The Bertz CT molecular complexity index is 910. The van der Waals surface area contributed by atoms with Crippen LogP contribution in [-0.2, 0) is 26.1 Å². The average molecular weight is 426 g/mol. The lowest BCUT2D eigenvalue weighted by Crippen LogP contribution is -2.48. The Morgan fingerprint density at radius 3 is 2.71 bits per heavy atom. The van der Waals surface area contributed by atoms with E-state index >= 15 is 0 Å². The Morgan fingerprint density at radius 1 is 1.16 bits per heavy atom. The van der Waals surface area contributed by atoms with Gasteiger partial charge in [-0.15, -0.1) is 0 Å². The van der Waals surface area contributed by atoms with E-state index in [9.17, 15) is 4.79 Å². The zero-order valence-corrected chi connectivity index (χ0v) is 18.6. The molecule has 1 fully saturated rings. The van der Waals surface area contributed by atoms with Crippen molar-refractivity contribution in [2.24, 2.45) is 4.99 Å². The smallest absolute Gasteiger partial charge is 0.345 e. The number of hydrogen-bond acceptors (Lipinski definition) is 4. The van der Waals surface area contributed by atoms with Gasteiger partial charge in [0.15, 0.2) is 5.96 Å². The Hall–Kier alpha value is -2.61. The van der Waals surface area contributed by atoms with Crippen LogP contribution in [0.4, 0.5) is 0 Å². The second-order valence-electron chi connectivity index (χ2n) is 8.56. The molecule has 1 saturated heterocycles. The summed E-state index contributed by atoms with van der Waals surface area (Å²) in [7, 11) is 1.81. The molecular formula is C23H35N7O. The fraction of sp³-hybridized carbons (Fsp3) is 0.609. The molecule has 3 heterocycles. The van der Waals surface area contributed by atoms with Crippen LogP contribution in [0.25, 0.3) is 0 Å². The predicted molar refractivity (Wildman–Crippen MR) is 123 cm³/mol. The van der Waals surface area contributed by atoms with Crippen molar-refractivity contribution in [1.29, 1.82) is 0 Å². The normalized spacial score (nSPS) is 18.0. The van der Waals surface area contributed by atoms with Gasteiger partial charge in [0, 0.05) is 58.8 Å². The second kappa shape index (κ2) is 10.6. The number of piperidine rings is 1. The largest absolute Gasteiger partial charge is 0.356 e. The molecule has 1 aromatic carbocycles. The van der Waals surface area contributed by atoms with Crippen molar-refractivity contribution < 1.29 is 0 Å². The third-order valence-electron chi connectivity index (χ3n) is 6.27. The van der Waals surface area contributed by atoms with Crippen LogP contribution in [0.15, 0.2) is 40.1 Å². The number of likely N-dealkylation sites (tertiary alicyclic amines) is 1. The van der Waals surface area contributed by atoms with Crippen molar-refractivity contribution in [2.45, 2.75) is 64.2 Å². The van der Waals surface area contributed by atoms with Crippen LogP contribution >= 0.6 is 0 Å². The van der Waals surface area contributed by atoms with Crippen LogP contribution in [0, 0.1) is 0 Å². The zero-order chi connectivity index (χ0) is 21.5. The molecule has 31 heavy (non-hydrogen) atoms. The highest BCUT2D eigenvalue weighted by atomic mass is 16.2. The maximum absolute atomic E-state index is 12.4. The van der Waals surface area contributed by atoms with E-state index in [-0.39, 0.29) is 5.69 Å². The van der Waals surface area contributed by atoms with E-state index < -0.39 is 0 Å².